The van der Waals surface area contributed by atoms with Crippen molar-refractivity contribution in [2.75, 3.05) is 7.11 Å². The van der Waals surface area contributed by atoms with Crippen molar-refractivity contribution in [3.05, 3.63) is 59.7 Å². The van der Waals surface area contributed by atoms with Crippen LogP contribution in [0.25, 0.3) is 11.4 Å². The smallest absolute Gasteiger partial charge is 0.204 e. The van der Waals surface area contributed by atoms with Crippen LogP contribution in [0.15, 0.2) is 48.5 Å². The molecule has 0 bridgehead atoms. The summed E-state index contributed by atoms with van der Waals surface area (Å²) in [6.07, 6.45) is 0. The average Bonchev–Trinajstić information content (AvgIpc) is 3.04. The summed E-state index contributed by atoms with van der Waals surface area (Å²) >= 11 is 3.45. The molecule has 1 aromatic heterocycles. The maximum absolute atomic E-state index is 5.15. The zero-order valence-corrected chi connectivity index (χ0v) is 13.7. The fourth-order valence-electron chi connectivity index (χ4n) is 2.11. The summed E-state index contributed by atoms with van der Waals surface area (Å²) in [6, 6.07) is 15.9. The van der Waals surface area contributed by atoms with E-state index >= 15 is 0 Å². The van der Waals surface area contributed by atoms with Crippen molar-refractivity contribution in [3.63, 3.8) is 0 Å². The molecule has 2 aromatic carbocycles. The lowest BCUT2D eigenvalue weighted by Crippen LogP contribution is -2.04. The van der Waals surface area contributed by atoms with Gasteiger partial charge >= 0.3 is 0 Å². The Morgan fingerprint density at radius 2 is 1.91 bits per heavy atom. The summed E-state index contributed by atoms with van der Waals surface area (Å²) in [5.74, 6) is 1.47. The third-order valence-electron chi connectivity index (χ3n) is 3.28. The molecule has 0 unspecified atom stereocenters. The van der Waals surface area contributed by atoms with E-state index in [1.807, 2.05) is 36.4 Å². The summed E-state index contributed by atoms with van der Waals surface area (Å²) in [4.78, 5) is 1.60. The van der Waals surface area contributed by atoms with Crippen LogP contribution in [0.4, 0.5) is 0 Å². The van der Waals surface area contributed by atoms with E-state index in [1.54, 1.807) is 11.9 Å². The van der Waals surface area contributed by atoms with Crippen molar-refractivity contribution in [2.24, 2.45) is 0 Å². The third kappa shape index (κ3) is 3.33. The van der Waals surface area contributed by atoms with Gasteiger partial charge in [-0.1, -0.05) is 46.3 Å². The second-order valence-electron chi connectivity index (χ2n) is 4.83. The maximum atomic E-state index is 5.15. The zero-order valence-electron chi connectivity index (χ0n) is 12.1. The van der Waals surface area contributed by atoms with Gasteiger partial charge in [0.25, 0.3) is 0 Å². The normalized spacial score (nSPS) is 10.6. The minimum Gasteiger partial charge on any atom is -0.497 e. The van der Waals surface area contributed by atoms with Crippen LogP contribution in [-0.2, 0) is 11.9 Å². The number of nitrogens with zero attached hydrogens (tertiary/aromatic N) is 4. The van der Waals surface area contributed by atoms with Gasteiger partial charge in [-0.25, -0.2) is 0 Å². The van der Waals surface area contributed by atoms with Gasteiger partial charge in [0, 0.05) is 10.9 Å². The lowest BCUT2D eigenvalue weighted by Gasteiger charge is -2.02. The topological polar surface area (TPSA) is 52.8 Å². The minimum atomic E-state index is 0.579. The summed E-state index contributed by atoms with van der Waals surface area (Å²) in [5.41, 5.74) is 3.25. The van der Waals surface area contributed by atoms with Gasteiger partial charge in [-0.2, -0.15) is 4.80 Å². The van der Waals surface area contributed by atoms with Gasteiger partial charge in [-0.05, 0) is 34.5 Å². The highest BCUT2D eigenvalue weighted by Gasteiger charge is 2.07. The number of halogens is 1. The van der Waals surface area contributed by atoms with E-state index in [2.05, 4.69) is 43.5 Å². The molecule has 112 valence electrons. The molecule has 3 rings (SSSR count). The number of aromatic nitrogens is 4. The fourth-order valence-corrected chi connectivity index (χ4v) is 2.46. The molecule has 0 N–H and O–H groups in total. The van der Waals surface area contributed by atoms with Crippen molar-refractivity contribution < 1.29 is 4.74 Å². The first-order valence-corrected chi connectivity index (χ1v) is 7.96. The van der Waals surface area contributed by atoms with Crippen molar-refractivity contribution >= 4 is 15.9 Å². The number of hydrogen-bond acceptors (Lipinski definition) is 4. The van der Waals surface area contributed by atoms with E-state index in [1.165, 1.54) is 5.56 Å². The van der Waals surface area contributed by atoms with E-state index in [4.69, 9.17) is 4.74 Å². The summed E-state index contributed by atoms with van der Waals surface area (Å²) < 4.78 is 5.15. The van der Waals surface area contributed by atoms with Crippen LogP contribution >= 0.6 is 15.9 Å². The number of alkyl halides is 1. The Balaban J connectivity index is 1.77. The molecule has 0 saturated heterocycles. The van der Waals surface area contributed by atoms with E-state index < -0.39 is 0 Å². The highest BCUT2D eigenvalue weighted by molar-refractivity contribution is 9.08. The number of benzene rings is 2. The van der Waals surface area contributed by atoms with Crippen LogP contribution in [0.3, 0.4) is 0 Å². The molecular weight excluding hydrogens is 344 g/mol. The molecule has 0 fully saturated rings. The van der Waals surface area contributed by atoms with E-state index in [9.17, 15) is 0 Å². The van der Waals surface area contributed by atoms with Gasteiger partial charge < -0.3 is 4.74 Å². The van der Waals surface area contributed by atoms with Crippen LogP contribution in [0, 0.1) is 0 Å². The van der Waals surface area contributed by atoms with E-state index in [-0.39, 0.29) is 0 Å². The highest BCUT2D eigenvalue weighted by Crippen LogP contribution is 2.17. The zero-order chi connectivity index (χ0) is 15.4. The molecule has 5 nitrogen and oxygen atoms in total. The second kappa shape index (κ2) is 6.70. The Kier molecular flexibility index (Phi) is 4.48. The lowest BCUT2D eigenvalue weighted by atomic mass is 10.1. The molecule has 0 radical (unpaired) electrons. The molecule has 22 heavy (non-hydrogen) atoms. The van der Waals surface area contributed by atoms with Gasteiger partial charge in [0.15, 0.2) is 0 Å². The predicted molar refractivity (Wildman–Crippen MR) is 88.0 cm³/mol. The fraction of sp³-hybridized carbons (Fsp3) is 0.188. The van der Waals surface area contributed by atoms with Crippen molar-refractivity contribution in [2.45, 2.75) is 11.9 Å². The summed E-state index contributed by atoms with van der Waals surface area (Å²) in [5, 5.41) is 13.5. The van der Waals surface area contributed by atoms with E-state index in [0.29, 0.717) is 12.4 Å². The minimum absolute atomic E-state index is 0.579. The van der Waals surface area contributed by atoms with Gasteiger partial charge in [0.1, 0.15) is 5.75 Å². The molecule has 0 aliphatic heterocycles. The second-order valence-corrected chi connectivity index (χ2v) is 5.39. The quantitative estimate of drug-likeness (QED) is 0.656. The van der Waals surface area contributed by atoms with Crippen molar-refractivity contribution in [3.8, 4) is 17.1 Å². The first-order chi connectivity index (χ1) is 10.8. The van der Waals surface area contributed by atoms with Crippen molar-refractivity contribution in [1.82, 2.24) is 20.2 Å². The average molecular weight is 359 g/mol. The monoisotopic (exact) mass is 358 g/mol. The molecule has 0 aliphatic carbocycles. The molecule has 0 spiro atoms. The maximum Gasteiger partial charge on any atom is 0.204 e. The number of rotatable bonds is 5. The number of ether oxygens (including phenoxy) is 1. The van der Waals surface area contributed by atoms with Gasteiger partial charge in [-0.3, -0.25) is 0 Å². The Morgan fingerprint density at radius 1 is 1.09 bits per heavy atom. The Morgan fingerprint density at radius 3 is 2.64 bits per heavy atom. The number of tetrazole rings is 1. The van der Waals surface area contributed by atoms with E-state index in [0.717, 1.165) is 22.2 Å². The SMILES string of the molecule is COc1ccc(Cn2nnc(-c3cccc(CBr)c3)n2)cc1. The molecular formula is C16H15BrN4O. The molecule has 0 saturated carbocycles. The molecule has 3 aromatic rings. The van der Waals surface area contributed by atoms with Gasteiger partial charge in [0.2, 0.25) is 5.82 Å². The number of methoxy groups -OCH3 is 1. The van der Waals surface area contributed by atoms with Crippen LogP contribution in [0.1, 0.15) is 11.1 Å². The lowest BCUT2D eigenvalue weighted by molar-refractivity contribution is 0.414. The Hall–Kier alpha value is -2.21. The predicted octanol–water partition coefficient (Wildman–Crippen LogP) is 3.29. The first kappa shape index (κ1) is 14.7. The van der Waals surface area contributed by atoms with Crippen LogP contribution < -0.4 is 4.74 Å². The van der Waals surface area contributed by atoms with Crippen molar-refractivity contribution in [1.29, 1.82) is 0 Å². The van der Waals surface area contributed by atoms with Gasteiger partial charge in [-0.15, -0.1) is 10.2 Å². The Bertz CT molecular complexity index is 755. The van der Waals surface area contributed by atoms with Crippen LogP contribution in [0.2, 0.25) is 0 Å². The summed E-state index contributed by atoms with van der Waals surface area (Å²) in [7, 11) is 1.65. The molecule has 0 aliphatic rings. The Labute approximate surface area is 137 Å². The number of hydrogen-bond donors (Lipinski definition) is 0. The van der Waals surface area contributed by atoms with Crippen LogP contribution in [0.5, 0.6) is 5.75 Å². The molecule has 1 heterocycles. The van der Waals surface area contributed by atoms with Crippen LogP contribution in [-0.4, -0.2) is 27.3 Å². The summed E-state index contributed by atoms with van der Waals surface area (Å²) in [6.45, 7) is 0.579. The molecule has 0 atom stereocenters. The first-order valence-electron chi connectivity index (χ1n) is 6.84. The highest BCUT2D eigenvalue weighted by atomic mass is 79.9. The molecule has 0 amide bonds. The largest absolute Gasteiger partial charge is 0.497 e. The third-order valence-corrected chi connectivity index (χ3v) is 3.92. The van der Waals surface area contributed by atoms with Gasteiger partial charge in [0.05, 0.1) is 13.7 Å². The molecule has 6 heteroatoms. The standard InChI is InChI=1S/C16H15BrN4O/c1-22-15-7-5-12(6-8-15)11-21-19-16(18-20-21)14-4-2-3-13(9-14)10-17/h2-9H,10-11H2,1H3.